The molecule has 0 fully saturated rings. The summed E-state index contributed by atoms with van der Waals surface area (Å²) in [5.41, 5.74) is 4.84. The van der Waals surface area contributed by atoms with Crippen molar-refractivity contribution in [2.45, 2.75) is 12.5 Å². The molecule has 78 valence electrons. The second kappa shape index (κ2) is 14.0. The van der Waals surface area contributed by atoms with Gasteiger partial charge in [-0.05, 0) is 0 Å². The first-order chi connectivity index (χ1) is 4.04. The van der Waals surface area contributed by atoms with E-state index in [-0.39, 0.29) is 35.9 Å². The van der Waals surface area contributed by atoms with E-state index in [2.05, 4.69) is 0 Å². The monoisotopic (exact) mass is 251 g/mol. The van der Waals surface area contributed by atoms with Crippen molar-refractivity contribution in [1.82, 2.24) is 0 Å². The largest absolute Gasteiger partial charge is 0.481 e. The van der Waals surface area contributed by atoms with Gasteiger partial charge < -0.3 is 32.4 Å². The topological polar surface area (TPSA) is 195 Å². The molecule has 0 radical (unpaired) electrons. The second-order valence-corrected chi connectivity index (χ2v) is 1.54. The minimum absolute atomic E-state index is 0. The first kappa shape index (κ1) is 29.4. The maximum Gasteiger partial charge on any atom is 0.321 e. The molecule has 0 bridgehead atoms. The quantitative estimate of drug-likeness (QED) is 0.435. The Morgan fingerprint density at radius 2 is 1.46 bits per heavy atom. The summed E-state index contributed by atoms with van der Waals surface area (Å²) in [4.78, 5) is 19.6. The van der Waals surface area contributed by atoms with E-state index in [0.717, 1.165) is 0 Å². The van der Waals surface area contributed by atoms with Crippen LogP contribution in [-0.4, -0.2) is 44.6 Å². The van der Waals surface area contributed by atoms with Crippen molar-refractivity contribution in [2.75, 3.05) is 0 Å². The van der Waals surface area contributed by atoms with Crippen LogP contribution in [0.3, 0.4) is 0 Å². The van der Waals surface area contributed by atoms with Gasteiger partial charge in [0.1, 0.15) is 6.04 Å². The average molecular weight is 253 g/mol. The summed E-state index contributed by atoms with van der Waals surface area (Å²) < 4.78 is 0. The third-order valence-electron chi connectivity index (χ3n) is 0.712. The Kier molecular flexibility index (Phi) is 31.6. The smallest absolute Gasteiger partial charge is 0.321 e. The molecule has 0 aromatic rings. The van der Waals surface area contributed by atoms with Crippen LogP contribution in [0.1, 0.15) is 6.42 Å². The molecule has 0 aliphatic rings. The summed E-state index contributed by atoms with van der Waals surface area (Å²) in [5, 5.41) is 16.0. The fourth-order valence-electron chi connectivity index (χ4n) is 0.275. The van der Waals surface area contributed by atoms with Crippen LogP contribution < -0.4 is 5.73 Å². The molecular weight excluding hydrogens is 239 g/mol. The third-order valence-corrected chi connectivity index (χ3v) is 0.712. The summed E-state index contributed by atoms with van der Waals surface area (Å²) >= 11 is 0. The molecule has 0 rings (SSSR count). The van der Waals surface area contributed by atoms with Crippen molar-refractivity contribution in [1.29, 1.82) is 0 Å². The second-order valence-electron chi connectivity index (χ2n) is 1.54. The summed E-state index contributed by atoms with van der Waals surface area (Å²) in [6.45, 7) is 0. The summed E-state index contributed by atoms with van der Waals surface area (Å²) in [6, 6.07) is -1.29. The van der Waals surface area contributed by atoms with Crippen LogP contribution in [0, 0.1) is 0 Å². The summed E-state index contributed by atoms with van der Waals surface area (Å²) in [5.74, 6) is -2.50. The van der Waals surface area contributed by atoms with Gasteiger partial charge in [-0.1, -0.05) is 0 Å². The number of nitrogens with two attached hydrogens (primary N) is 1. The molecule has 0 saturated carbocycles. The van der Waals surface area contributed by atoms with Crippen molar-refractivity contribution < 1.29 is 55.7 Å². The first-order valence-corrected chi connectivity index (χ1v) is 2.24. The van der Waals surface area contributed by atoms with Crippen LogP contribution in [0.15, 0.2) is 0 Å². The van der Waals surface area contributed by atoms with Gasteiger partial charge in [0, 0.05) is 19.5 Å². The van der Waals surface area contributed by atoms with Gasteiger partial charge in [0.2, 0.25) is 0 Å². The summed E-state index contributed by atoms with van der Waals surface area (Å²) in [7, 11) is 0. The fraction of sp³-hybridized carbons (Fsp3) is 0.500. The molecule has 0 aliphatic carbocycles. The van der Waals surface area contributed by atoms with Gasteiger partial charge in [-0.15, -0.1) is 0 Å². The standard InChI is InChI=1S/C4H7NO4.3H2O.Zn/c5-2(4(8)9)1-3(6)7;;;;/h2H,1,5H2,(H,6,7)(H,8,9);3*1H2;/t2-;;;;/m1..../s1. The summed E-state index contributed by atoms with van der Waals surface area (Å²) in [6.07, 6.45) is -0.532. The number of carboxylic acids is 2. The maximum atomic E-state index is 9.85. The minimum Gasteiger partial charge on any atom is -0.481 e. The Morgan fingerprint density at radius 3 is 1.54 bits per heavy atom. The number of hydrogen-bond donors (Lipinski definition) is 3. The van der Waals surface area contributed by atoms with Crippen LogP contribution in [0.5, 0.6) is 0 Å². The van der Waals surface area contributed by atoms with E-state index in [1.54, 1.807) is 0 Å². The van der Waals surface area contributed by atoms with Crippen LogP contribution in [0.4, 0.5) is 0 Å². The molecule has 0 aliphatic heterocycles. The maximum absolute atomic E-state index is 9.85. The van der Waals surface area contributed by atoms with Gasteiger partial charge in [0.05, 0.1) is 6.42 Å². The number of rotatable bonds is 3. The molecule has 10 N–H and O–H groups in total. The Bertz CT molecular complexity index is 140. The third kappa shape index (κ3) is 18.4. The number of carbonyl (C=O) groups is 2. The van der Waals surface area contributed by atoms with Crippen molar-refractivity contribution in [3.8, 4) is 0 Å². The molecule has 0 heterocycles. The molecule has 0 spiro atoms. The van der Waals surface area contributed by atoms with Crippen LogP contribution in [-0.2, 0) is 29.1 Å². The molecule has 1 atom stereocenters. The number of carboxylic acid groups (broad SMARTS) is 2. The SMILES string of the molecule is N[C@H](CC(=O)O)C(=O)O.O.O.O.[Zn]. The minimum atomic E-state index is -1.29. The van der Waals surface area contributed by atoms with Gasteiger partial charge in [-0.3, -0.25) is 9.59 Å². The molecule has 0 aromatic carbocycles. The molecule has 8 nitrogen and oxygen atoms in total. The Balaban J connectivity index is -0.0000000533. The molecule has 0 aromatic heterocycles. The Labute approximate surface area is 86.4 Å². The van der Waals surface area contributed by atoms with Gasteiger partial charge in [0.25, 0.3) is 0 Å². The van der Waals surface area contributed by atoms with Gasteiger partial charge in [-0.2, -0.15) is 0 Å². The van der Waals surface area contributed by atoms with E-state index < -0.39 is 24.4 Å². The molecule has 0 amide bonds. The van der Waals surface area contributed by atoms with Gasteiger partial charge in [0.15, 0.2) is 0 Å². The fourth-order valence-corrected chi connectivity index (χ4v) is 0.275. The predicted molar refractivity (Wildman–Crippen MR) is 38.7 cm³/mol. The van der Waals surface area contributed by atoms with Crippen molar-refractivity contribution in [2.24, 2.45) is 5.73 Å². The zero-order valence-electron chi connectivity index (χ0n) is 6.78. The Morgan fingerprint density at radius 1 is 1.15 bits per heavy atom. The predicted octanol–water partition coefficient (Wildman–Crippen LogP) is -3.60. The molecular formula is C4H13NO7Zn. The van der Waals surface area contributed by atoms with E-state index in [4.69, 9.17) is 15.9 Å². The van der Waals surface area contributed by atoms with Gasteiger partial charge in [-0.25, -0.2) is 0 Å². The Hall–Kier alpha value is -0.597. The molecule has 13 heavy (non-hydrogen) atoms. The van der Waals surface area contributed by atoms with E-state index >= 15 is 0 Å². The van der Waals surface area contributed by atoms with Crippen LogP contribution in [0.25, 0.3) is 0 Å². The number of aliphatic carboxylic acids is 2. The van der Waals surface area contributed by atoms with Crippen molar-refractivity contribution >= 4 is 11.9 Å². The molecule has 0 unspecified atom stereocenters. The van der Waals surface area contributed by atoms with Gasteiger partial charge >= 0.3 is 11.9 Å². The average Bonchev–Trinajstić information content (AvgIpc) is 1.63. The van der Waals surface area contributed by atoms with E-state index in [9.17, 15) is 9.59 Å². The number of hydrogen-bond acceptors (Lipinski definition) is 3. The molecule has 0 saturated heterocycles. The van der Waals surface area contributed by atoms with E-state index in [0.29, 0.717) is 0 Å². The van der Waals surface area contributed by atoms with E-state index in [1.165, 1.54) is 0 Å². The first-order valence-electron chi connectivity index (χ1n) is 2.24. The van der Waals surface area contributed by atoms with Crippen molar-refractivity contribution in [3.05, 3.63) is 0 Å². The normalized spacial score (nSPS) is 8.69. The van der Waals surface area contributed by atoms with Crippen LogP contribution in [0.2, 0.25) is 0 Å². The zero-order chi connectivity index (χ0) is 7.44. The van der Waals surface area contributed by atoms with Crippen molar-refractivity contribution in [3.63, 3.8) is 0 Å². The van der Waals surface area contributed by atoms with Crippen LogP contribution >= 0.6 is 0 Å². The zero-order valence-corrected chi connectivity index (χ0v) is 9.75. The molecule has 9 heteroatoms. The van der Waals surface area contributed by atoms with E-state index in [1.807, 2.05) is 0 Å².